The van der Waals surface area contributed by atoms with Crippen molar-refractivity contribution in [3.05, 3.63) is 24.8 Å². The normalized spacial score (nSPS) is 13.1. The van der Waals surface area contributed by atoms with Crippen molar-refractivity contribution in [2.45, 2.75) is 54.1 Å². The van der Waals surface area contributed by atoms with Crippen molar-refractivity contribution in [1.29, 1.82) is 0 Å². The van der Waals surface area contributed by atoms with Gasteiger partial charge in [0, 0.05) is 6.54 Å². The molecular formula is C20H29N5O5P+. The van der Waals surface area contributed by atoms with Crippen LogP contribution in [0.5, 0.6) is 0 Å². The van der Waals surface area contributed by atoms with Crippen LogP contribution in [0.4, 0.5) is 5.82 Å². The third-order valence-electron chi connectivity index (χ3n) is 4.06. The fraction of sp³-hybridized carbons (Fsp3) is 0.550. The number of esters is 2. The van der Waals surface area contributed by atoms with E-state index in [-0.39, 0.29) is 6.16 Å². The van der Waals surface area contributed by atoms with Gasteiger partial charge in [-0.05, 0) is 47.6 Å². The van der Waals surface area contributed by atoms with Gasteiger partial charge < -0.3 is 19.8 Å². The lowest BCUT2D eigenvalue weighted by molar-refractivity contribution is -0.184. The lowest BCUT2D eigenvalue weighted by Gasteiger charge is -2.21. The van der Waals surface area contributed by atoms with Crippen molar-refractivity contribution in [3.8, 4) is 0 Å². The second-order valence-corrected chi connectivity index (χ2v) is 10.6. The molecule has 2 rings (SSSR count). The summed E-state index contributed by atoms with van der Waals surface area (Å²) in [6.45, 7) is 10.4. The highest BCUT2D eigenvalue weighted by molar-refractivity contribution is 7.45. The number of hydrogen-bond donors (Lipinski definition) is 1. The predicted molar refractivity (Wildman–Crippen MR) is 116 cm³/mol. The molecule has 2 aromatic heterocycles. The summed E-state index contributed by atoms with van der Waals surface area (Å²) in [4.78, 5) is 36.7. The quantitative estimate of drug-likeness (QED) is 0.291. The highest BCUT2D eigenvalue weighted by atomic mass is 31.1. The number of allylic oxidation sites excluding steroid dienone is 2. The molecule has 0 aliphatic heterocycles. The van der Waals surface area contributed by atoms with E-state index in [1.54, 1.807) is 64.6 Å². The molecule has 0 fully saturated rings. The maximum absolute atomic E-state index is 12.8. The predicted octanol–water partition coefficient (Wildman–Crippen LogP) is 3.25. The van der Waals surface area contributed by atoms with Crippen LogP contribution in [0.2, 0.25) is 0 Å². The number of carbonyl (C=O) groups excluding carboxylic acids is 2. The Labute approximate surface area is 182 Å². The van der Waals surface area contributed by atoms with Gasteiger partial charge in [0.2, 0.25) is 0 Å². The average molecular weight is 450 g/mol. The monoisotopic (exact) mass is 450 g/mol. The van der Waals surface area contributed by atoms with Crippen molar-refractivity contribution >= 4 is 36.7 Å². The van der Waals surface area contributed by atoms with Crippen LogP contribution in [0.1, 0.15) is 41.5 Å². The Morgan fingerprint density at radius 1 is 1.06 bits per heavy atom. The molecule has 168 valence electrons. The zero-order valence-corrected chi connectivity index (χ0v) is 19.6. The maximum Gasteiger partial charge on any atom is 0.451 e. The average Bonchev–Trinajstić information content (AvgIpc) is 3.07. The Morgan fingerprint density at radius 2 is 1.65 bits per heavy atom. The van der Waals surface area contributed by atoms with Crippen LogP contribution in [0.25, 0.3) is 11.2 Å². The van der Waals surface area contributed by atoms with Gasteiger partial charge in [-0.15, -0.1) is 0 Å². The number of anilines is 1. The van der Waals surface area contributed by atoms with Crippen LogP contribution in [-0.2, 0) is 30.2 Å². The SMILES string of the molecule is CC(C)(C)C(=O)OC(OC(=O)C(C)(C)C)[P+](=O)CC=CCn1cnc2c(N)ncnc21. The van der Waals surface area contributed by atoms with Crippen LogP contribution >= 0.6 is 7.80 Å². The van der Waals surface area contributed by atoms with Crippen LogP contribution in [0.3, 0.4) is 0 Å². The van der Waals surface area contributed by atoms with Crippen molar-refractivity contribution in [3.63, 3.8) is 0 Å². The van der Waals surface area contributed by atoms with Crippen molar-refractivity contribution in [2.75, 3.05) is 11.9 Å². The van der Waals surface area contributed by atoms with Gasteiger partial charge in [0.25, 0.3) is 0 Å². The molecule has 0 spiro atoms. The molecule has 1 unspecified atom stereocenters. The number of carbonyl (C=O) groups is 2. The fourth-order valence-electron chi connectivity index (χ4n) is 2.16. The van der Waals surface area contributed by atoms with E-state index in [0.29, 0.717) is 23.5 Å². The van der Waals surface area contributed by atoms with Gasteiger partial charge in [0.1, 0.15) is 11.8 Å². The summed E-state index contributed by atoms with van der Waals surface area (Å²) in [7, 11) is -2.21. The van der Waals surface area contributed by atoms with Crippen LogP contribution in [-0.4, -0.2) is 43.7 Å². The summed E-state index contributed by atoms with van der Waals surface area (Å²) in [5.41, 5.74) is 5.20. The molecule has 0 aromatic carbocycles. The van der Waals surface area contributed by atoms with Gasteiger partial charge >= 0.3 is 25.8 Å². The van der Waals surface area contributed by atoms with Crippen LogP contribution in [0.15, 0.2) is 24.8 Å². The molecule has 0 saturated carbocycles. The minimum absolute atomic E-state index is 0.0542. The Hall–Kier alpha value is -2.87. The molecule has 0 saturated heterocycles. The van der Waals surface area contributed by atoms with E-state index in [4.69, 9.17) is 15.2 Å². The number of nitrogens with zero attached hydrogens (tertiary/aromatic N) is 4. The molecule has 31 heavy (non-hydrogen) atoms. The summed E-state index contributed by atoms with van der Waals surface area (Å²) < 4.78 is 25.1. The first-order chi connectivity index (χ1) is 14.3. The van der Waals surface area contributed by atoms with Gasteiger partial charge in [0.05, 0.1) is 17.2 Å². The van der Waals surface area contributed by atoms with E-state index in [2.05, 4.69) is 15.0 Å². The Morgan fingerprint density at radius 3 is 2.19 bits per heavy atom. The van der Waals surface area contributed by atoms with Crippen molar-refractivity contribution in [2.24, 2.45) is 10.8 Å². The molecule has 0 aliphatic rings. The molecule has 1 atom stereocenters. The van der Waals surface area contributed by atoms with Gasteiger partial charge in [-0.2, -0.15) is 0 Å². The van der Waals surface area contributed by atoms with Gasteiger partial charge in [-0.1, -0.05) is 10.6 Å². The van der Waals surface area contributed by atoms with E-state index in [1.807, 2.05) is 0 Å². The largest absolute Gasteiger partial charge is 0.451 e. The van der Waals surface area contributed by atoms with E-state index in [0.717, 1.165) is 0 Å². The van der Waals surface area contributed by atoms with Crippen molar-refractivity contribution < 1.29 is 23.6 Å². The van der Waals surface area contributed by atoms with Crippen LogP contribution < -0.4 is 5.73 Å². The molecule has 2 heterocycles. The first-order valence-electron chi connectivity index (χ1n) is 9.73. The van der Waals surface area contributed by atoms with Crippen LogP contribution in [0, 0.1) is 10.8 Å². The van der Waals surface area contributed by atoms with E-state index in [9.17, 15) is 14.2 Å². The number of aromatic nitrogens is 4. The van der Waals surface area contributed by atoms with Crippen molar-refractivity contribution in [1.82, 2.24) is 19.5 Å². The fourth-order valence-corrected chi connectivity index (χ4v) is 3.12. The minimum atomic E-state index is -2.21. The summed E-state index contributed by atoms with van der Waals surface area (Å²) in [5, 5.41) is 0. The summed E-state index contributed by atoms with van der Waals surface area (Å²) in [6.07, 6.45) is 6.42. The molecule has 0 amide bonds. The third kappa shape index (κ3) is 6.55. The maximum atomic E-state index is 12.8. The van der Waals surface area contributed by atoms with E-state index >= 15 is 0 Å². The Bertz CT molecular complexity index is 976. The molecule has 0 bridgehead atoms. The second-order valence-electron chi connectivity index (χ2n) is 9.02. The molecular weight excluding hydrogens is 421 g/mol. The zero-order chi connectivity index (χ0) is 23.4. The number of imidazole rings is 1. The summed E-state index contributed by atoms with van der Waals surface area (Å²) in [6, 6.07) is -1.46. The smallest absolute Gasteiger partial charge is 0.384 e. The molecule has 10 nitrogen and oxygen atoms in total. The Balaban J connectivity index is 2.06. The molecule has 11 heteroatoms. The lowest BCUT2D eigenvalue weighted by Crippen LogP contribution is -2.33. The molecule has 0 aliphatic carbocycles. The first-order valence-corrected chi connectivity index (χ1v) is 11.2. The van der Waals surface area contributed by atoms with E-state index in [1.165, 1.54) is 6.33 Å². The van der Waals surface area contributed by atoms with Gasteiger partial charge in [-0.3, -0.25) is 9.59 Å². The highest BCUT2D eigenvalue weighted by Gasteiger charge is 2.41. The molecule has 0 radical (unpaired) electrons. The number of nitrogen functional groups attached to an aromatic ring is 1. The Kier molecular flexibility index (Phi) is 7.49. The highest BCUT2D eigenvalue weighted by Crippen LogP contribution is 2.34. The lowest BCUT2D eigenvalue weighted by atomic mass is 9.97. The summed E-state index contributed by atoms with van der Waals surface area (Å²) in [5.74, 6) is -0.914. The molecule has 2 N–H and O–H groups in total. The number of fused-ring (bicyclic) bond motifs is 1. The van der Waals surface area contributed by atoms with Gasteiger partial charge in [0.15, 0.2) is 17.6 Å². The zero-order valence-electron chi connectivity index (χ0n) is 18.7. The molecule has 2 aromatic rings. The first kappa shape index (κ1) is 24.4. The standard InChI is InChI=1S/C20H29N5O5P/c1-19(2,3)16(26)29-18(30-17(27)20(4,5)6)31(28)10-8-7-9-25-12-24-13-14(21)22-11-23-15(13)25/h7-8,11-12,18H,9-10H2,1-6H3,(H2,21,22,23)/q+1. The third-order valence-corrected chi connectivity index (χ3v) is 5.31. The minimum Gasteiger partial charge on any atom is -0.384 e. The number of rotatable bonds is 7. The topological polar surface area (TPSA) is 139 Å². The van der Waals surface area contributed by atoms with E-state index < -0.39 is 36.6 Å². The number of nitrogens with two attached hydrogens (primary N) is 1. The van der Waals surface area contributed by atoms with Gasteiger partial charge in [-0.25, -0.2) is 15.0 Å². The number of ether oxygens (including phenoxy) is 2. The summed E-state index contributed by atoms with van der Waals surface area (Å²) >= 11 is 0. The number of hydrogen-bond acceptors (Lipinski definition) is 9. The second kappa shape index (κ2) is 9.51.